The average molecular weight is 232 g/mol. The molecule has 1 aliphatic rings. The van der Waals surface area contributed by atoms with Crippen molar-refractivity contribution < 1.29 is 0 Å². The summed E-state index contributed by atoms with van der Waals surface area (Å²) in [5.74, 6) is 0. The van der Waals surface area contributed by atoms with Gasteiger partial charge >= 0.3 is 0 Å². The maximum absolute atomic E-state index is 2.49. The summed E-state index contributed by atoms with van der Waals surface area (Å²) in [5.41, 5.74) is 5.58. The first-order valence-electron chi connectivity index (χ1n) is 6.56. The highest BCUT2D eigenvalue weighted by molar-refractivity contribution is 5.78. The molecule has 1 aromatic carbocycles. The Bertz CT molecular complexity index is 382. The molecule has 1 aromatic rings. The van der Waals surface area contributed by atoms with Crippen LogP contribution in [0.3, 0.4) is 0 Å². The molecule has 0 radical (unpaired) electrons. The predicted octanol–water partition coefficient (Wildman–Crippen LogP) is 3.70. The lowest BCUT2D eigenvalue weighted by molar-refractivity contribution is 0.641. The Hall–Kier alpha value is -1.18. The van der Waals surface area contributed by atoms with Gasteiger partial charge < -0.3 is 9.80 Å². The zero-order valence-electron chi connectivity index (χ0n) is 11.9. The van der Waals surface area contributed by atoms with E-state index in [4.69, 9.17) is 0 Å². The number of fused-ring (bicyclic) bond motifs is 1. The van der Waals surface area contributed by atoms with Crippen LogP contribution in [0.25, 0.3) is 0 Å². The molecule has 0 unspecified atom stereocenters. The molecule has 0 saturated carbocycles. The number of aryl methyl sites for hydroxylation is 2. The molecule has 17 heavy (non-hydrogen) atoms. The maximum Gasteiger partial charge on any atom is 0.0909 e. The second-order valence-electron chi connectivity index (χ2n) is 5.69. The van der Waals surface area contributed by atoms with Crippen molar-refractivity contribution in [1.82, 2.24) is 0 Å². The number of rotatable bonds is 2. The summed E-state index contributed by atoms with van der Waals surface area (Å²) in [4.78, 5) is 4.98. The van der Waals surface area contributed by atoms with Gasteiger partial charge in [0.1, 0.15) is 0 Å². The number of benzene rings is 1. The zero-order chi connectivity index (χ0) is 12.7. The highest BCUT2D eigenvalue weighted by Crippen LogP contribution is 2.40. The largest absolute Gasteiger partial charge is 0.350 e. The predicted molar refractivity (Wildman–Crippen MR) is 76.0 cm³/mol. The van der Waals surface area contributed by atoms with Crippen LogP contribution in [0.2, 0.25) is 0 Å². The smallest absolute Gasteiger partial charge is 0.0909 e. The lowest BCUT2D eigenvalue weighted by Crippen LogP contribution is -2.38. The van der Waals surface area contributed by atoms with E-state index < -0.39 is 0 Å². The topological polar surface area (TPSA) is 6.48 Å². The van der Waals surface area contributed by atoms with Crippen LogP contribution < -0.4 is 9.80 Å². The van der Waals surface area contributed by atoms with Gasteiger partial charge in [0.15, 0.2) is 0 Å². The standard InChI is InChI=1S/C15H24N2/c1-10(2)16-9-17(11(3)4)15-8-13(6)12(5)7-14(15)16/h7-8,10-11H,9H2,1-6H3. The minimum atomic E-state index is 0.555. The van der Waals surface area contributed by atoms with Crippen LogP contribution in [-0.4, -0.2) is 18.8 Å². The molecule has 1 aliphatic heterocycles. The number of hydrogen-bond acceptors (Lipinski definition) is 2. The van der Waals surface area contributed by atoms with Gasteiger partial charge in [0.05, 0.1) is 18.0 Å². The van der Waals surface area contributed by atoms with Crippen LogP contribution in [-0.2, 0) is 0 Å². The van der Waals surface area contributed by atoms with Crippen LogP contribution in [0.4, 0.5) is 11.4 Å². The van der Waals surface area contributed by atoms with Gasteiger partial charge in [0.2, 0.25) is 0 Å². The fourth-order valence-electron chi connectivity index (χ4n) is 2.45. The lowest BCUT2D eigenvalue weighted by atomic mass is 10.1. The Labute approximate surface area is 105 Å². The van der Waals surface area contributed by atoms with E-state index in [1.807, 2.05) is 0 Å². The molecule has 0 aliphatic carbocycles. The van der Waals surface area contributed by atoms with Crippen LogP contribution in [0.15, 0.2) is 12.1 Å². The lowest BCUT2D eigenvalue weighted by Gasteiger charge is -2.27. The Morgan fingerprint density at radius 2 is 1.18 bits per heavy atom. The van der Waals surface area contributed by atoms with Gasteiger partial charge in [-0.05, 0) is 64.8 Å². The third kappa shape index (κ3) is 2.01. The number of nitrogens with zero attached hydrogens (tertiary/aromatic N) is 2. The second kappa shape index (κ2) is 4.25. The Morgan fingerprint density at radius 1 is 0.824 bits per heavy atom. The normalized spacial score (nSPS) is 15.1. The second-order valence-corrected chi connectivity index (χ2v) is 5.69. The highest BCUT2D eigenvalue weighted by atomic mass is 15.4. The molecule has 2 nitrogen and oxygen atoms in total. The Balaban J connectivity index is 2.51. The number of hydrogen-bond donors (Lipinski definition) is 0. The molecule has 0 amide bonds. The van der Waals surface area contributed by atoms with Gasteiger partial charge in [-0.3, -0.25) is 0 Å². The first kappa shape index (κ1) is 12.3. The summed E-state index contributed by atoms with van der Waals surface area (Å²) in [5, 5.41) is 0. The number of anilines is 2. The van der Waals surface area contributed by atoms with Crippen molar-refractivity contribution in [3.05, 3.63) is 23.3 Å². The van der Waals surface area contributed by atoms with Gasteiger partial charge in [0, 0.05) is 12.1 Å². The highest BCUT2D eigenvalue weighted by Gasteiger charge is 2.29. The van der Waals surface area contributed by atoms with Crippen LogP contribution >= 0.6 is 0 Å². The minimum Gasteiger partial charge on any atom is -0.350 e. The summed E-state index contributed by atoms with van der Waals surface area (Å²) in [6.45, 7) is 14.5. The van der Waals surface area contributed by atoms with Gasteiger partial charge in [-0.2, -0.15) is 0 Å². The van der Waals surface area contributed by atoms with Crippen molar-refractivity contribution in [1.29, 1.82) is 0 Å². The average Bonchev–Trinajstić information content (AvgIpc) is 2.57. The zero-order valence-corrected chi connectivity index (χ0v) is 11.9. The fourth-order valence-corrected chi connectivity index (χ4v) is 2.45. The molecule has 2 rings (SSSR count). The third-order valence-electron chi connectivity index (χ3n) is 3.76. The molecule has 0 bridgehead atoms. The first-order chi connectivity index (χ1) is 7.91. The van der Waals surface area contributed by atoms with E-state index in [1.54, 1.807) is 0 Å². The van der Waals surface area contributed by atoms with Crippen molar-refractivity contribution in [3.8, 4) is 0 Å². The summed E-state index contributed by atoms with van der Waals surface area (Å²) in [7, 11) is 0. The summed E-state index contributed by atoms with van der Waals surface area (Å²) in [6, 6.07) is 5.79. The molecular weight excluding hydrogens is 208 g/mol. The van der Waals surface area contributed by atoms with E-state index in [0.717, 1.165) is 6.67 Å². The third-order valence-corrected chi connectivity index (χ3v) is 3.76. The van der Waals surface area contributed by atoms with Gasteiger partial charge in [0.25, 0.3) is 0 Å². The minimum absolute atomic E-state index is 0.555. The molecule has 0 spiro atoms. The molecular formula is C15H24N2. The van der Waals surface area contributed by atoms with Crippen LogP contribution in [0.5, 0.6) is 0 Å². The van der Waals surface area contributed by atoms with Crippen molar-refractivity contribution in [2.45, 2.75) is 53.6 Å². The fraction of sp³-hybridized carbons (Fsp3) is 0.600. The van der Waals surface area contributed by atoms with E-state index in [2.05, 4.69) is 63.5 Å². The summed E-state index contributed by atoms with van der Waals surface area (Å²) >= 11 is 0. The van der Waals surface area contributed by atoms with Crippen LogP contribution in [0, 0.1) is 13.8 Å². The molecule has 0 saturated heterocycles. The molecule has 94 valence electrons. The monoisotopic (exact) mass is 232 g/mol. The van der Waals surface area contributed by atoms with Gasteiger partial charge in [-0.1, -0.05) is 0 Å². The van der Waals surface area contributed by atoms with Gasteiger partial charge in [-0.15, -0.1) is 0 Å². The molecule has 2 heteroatoms. The van der Waals surface area contributed by atoms with E-state index in [9.17, 15) is 0 Å². The van der Waals surface area contributed by atoms with E-state index in [-0.39, 0.29) is 0 Å². The first-order valence-corrected chi connectivity index (χ1v) is 6.56. The Kier molecular flexibility index (Phi) is 3.07. The van der Waals surface area contributed by atoms with E-state index in [1.165, 1.54) is 22.5 Å². The maximum atomic E-state index is 2.49. The van der Waals surface area contributed by atoms with Crippen molar-refractivity contribution in [2.24, 2.45) is 0 Å². The molecule has 0 aromatic heterocycles. The molecule has 1 heterocycles. The van der Waals surface area contributed by atoms with E-state index >= 15 is 0 Å². The van der Waals surface area contributed by atoms with E-state index in [0.29, 0.717) is 12.1 Å². The Morgan fingerprint density at radius 3 is 1.47 bits per heavy atom. The van der Waals surface area contributed by atoms with Crippen molar-refractivity contribution in [2.75, 3.05) is 16.5 Å². The SMILES string of the molecule is Cc1cc2c(cc1C)N(C(C)C)CN2C(C)C. The molecule has 0 atom stereocenters. The summed E-state index contributed by atoms with van der Waals surface area (Å²) < 4.78 is 0. The quantitative estimate of drug-likeness (QED) is 0.767. The summed E-state index contributed by atoms with van der Waals surface area (Å²) in [6.07, 6.45) is 0. The molecule has 0 N–H and O–H groups in total. The molecule has 0 fully saturated rings. The van der Waals surface area contributed by atoms with Gasteiger partial charge in [-0.25, -0.2) is 0 Å². The van der Waals surface area contributed by atoms with Crippen molar-refractivity contribution >= 4 is 11.4 Å². The van der Waals surface area contributed by atoms with Crippen LogP contribution in [0.1, 0.15) is 38.8 Å². The van der Waals surface area contributed by atoms with Crippen molar-refractivity contribution in [3.63, 3.8) is 0 Å².